The van der Waals surface area contributed by atoms with Crippen LogP contribution in [-0.4, -0.2) is 20.1 Å². The van der Waals surface area contributed by atoms with E-state index >= 15 is 0 Å². The lowest BCUT2D eigenvalue weighted by molar-refractivity contribution is 0.545. The van der Waals surface area contributed by atoms with Crippen LogP contribution in [0, 0.1) is 18.7 Å². The molecule has 0 fully saturated rings. The fourth-order valence-electron chi connectivity index (χ4n) is 1.53. The van der Waals surface area contributed by atoms with E-state index < -0.39 is 0 Å². The molecule has 0 aliphatic heterocycles. The van der Waals surface area contributed by atoms with Gasteiger partial charge in [0.15, 0.2) is 0 Å². The van der Waals surface area contributed by atoms with Gasteiger partial charge in [0.2, 0.25) is 0 Å². The number of rotatable bonds is 5. The standard InChI is InChI=1S/C13H21FN2/c1-10(9-15)6-7-16(3)12-4-5-13(14)11(2)8-12/h4-5,8,10H,6-7,9,15H2,1-3H3. The summed E-state index contributed by atoms with van der Waals surface area (Å²) in [5, 5.41) is 0. The molecule has 0 amide bonds. The van der Waals surface area contributed by atoms with Crippen LogP contribution in [0.3, 0.4) is 0 Å². The van der Waals surface area contributed by atoms with Crippen molar-refractivity contribution < 1.29 is 4.39 Å². The molecular formula is C13H21FN2. The van der Waals surface area contributed by atoms with Crippen molar-refractivity contribution in [1.29, 1.82) is 0 Å². The second kappa shape index (κ2) is 5.85. The van der Waals surface area contributed by atoms with Crippen LogP contribution < -0.4 is 10.6 Å². The molecule has 0 aliphatic rings. The molecule has 3 heteroatoms. The van der Waals surface area contributed by atoms with Gasteiger partial charge in [-0.25, -0.2) is 4.39 Å². The first-order chi connectivity index (χ1) is 7.54. The number of hydrogen-bond donors (Lipinski definition) is 1. The molecule has 2 N–H and O–H groups in total. The number of nitrogens with two attached hydrogens (primary N) is 1. The van der Waals surface area contributed by atoms with E-state index in [2.05, 4.69) is 11.8 Å². The SMILES string of the molecule is Cc1cc(N(C)CCC(C)CN)ccc1F. The van der Waals surface area contributed by atoms with Gasteiger partial charge in [0.05, 0.1) is 0 Å². The molecule has 0 saturated carbocycles. The third-order valence-corrected chi connectivity index (χ3v) is 2.94. The van der Waals surface area contributed by atoms with Gasteiger partial charge >= 0.3 is 0 Å². The molecule has 2 nitrogen and oxygen atoms in total. The highest BCUT2D eigenvalue weighted by Gasteiger charge is 2.05. The van der Waals surface area contributed by atoms with Crippen LogP contribution in [0.15, 0.2) is 18.2 Å². The van der Waals surface area contributed by atoms with Crippen molar-refractivity contribution in [2.75, 3.05) is 25.0 Å². The maximum Gasteiger partial charge on any atom is 0.126 e. The highest BCUT2D eigenvalue weighted by molar-refractivity contribution is 5.47. The van der Waals surface area contributed by atoms with Gasteiger partial charge in [-0.1, -0.05) is 6.92 Å². The Morgan fingerprint density at radius 2 is 2.12 bits per heavy atom. The highest BCUT2D eigenvalue weighted by atomic mass is 19.1. The van der Waals surface area contributed by atoms with Crippen molar-refractivity contribution >= 4 is 5.69 Å². The smallest absolute Gasteiger partial charge is 0.126 e. The summed E-state index contributed by atoms with van der Waals surface area (Å²) >= 11 is 0. The second-order valence-corrected chi connectivity index (χ2v) is 4.48. The number of halogens is 1. The van der Waals surface area contributed by atoms with Crippen LogP contribution >= 0.6 is 0 Å². The molecule has 0 saturated heterocycles. The minimum absolute atomic E-state index is 0.146. The van der Waals surface area contributed by atoms with Crippen molar-refractivity contribution in [1.82, 2.24) is 0 Å². The number of nitrogens with zero attached hydrogens (tertiary/aromatic N) is 1. The monoisotopic (exact) mass is 224 g/mol. The molecule has 1 unspecified atom stereocenters. The molecule has 1 aromatic carbocycles. The van der Waals surface area contributed by atoms with Gasteiger partial charge < -0.3 is 10.6 Å². The molecule has 0 radical (unpaired) electrons. The number of hydrogen-bond acceptors (Lipinski definition) is 2. The lowest BCUT2D eigenvalue weighted by Gasteiger charge is -2.21. The summed E-state index contributed by atoms with van der Waals surface area (Å²) < 4.78 is 13.1. The van der Waals surface area contributed by atoms with Gasteiger partial charge in [0, 0.05) is 19.3 Å². The topological polar surface area (TPSA) is 29.3 Å². The lowest BCUT2D eigenvalue weighted by atomic mass is 10.1. The summed E-state index contributed by atoms with van der Waals surface area (Å²) in [5.41, 5.74) is 7.32. The third-order valence-electron chi connectivity index (χ3n) is 2.94. The Balaban J connectivity index is 2.59. The fourth-order valence-corrected chi connectivity index (χ4v) is 1.53. The summed E-state index contributed by atoms with van der Waals surface area (Å²) in [4.78, 5) is 2.14. The molecule has 0 aliphatic carbocycles. The van der Waals surface area contributed by atoms with E-state index in [0.29, 0.717) is 11.5 Å². The second-order valence-electron chi connectivity index (χ2n) is 4.48. The first-order valence-electron chi connectivity index (χ1n) is 5.72. The summed E-state index contributed by atoms with van der Waals surface area (Å²) in [6.07, 6.45) is 1.06. The van der Waals surface area contributed by atoms with Crippen molar-refractivity contribution in [3.8, 4) is 0 Å². The van der Waals surface area contributed by atoms with Crippen LogP contribution in [0.25, 0.3) is 0 Å². The molecule has 0 bridgehead atoms. The molecule has 90 valence electrons. The average Bonchev–Trinajstić information content (AvgIpc) is 2.29. The molecule has 0 spiro atoms. The fraction of sp³-hybridized carbons (Fsp3) is 0.538. The molecule has 0 aromatic heterocycles. The van der Waals surface area contributed by atoms with E-state index in [0.717, 1.165) is 25.2 Å². The van der Waals surface area contributed by atoms with E-state index in [1.165, 1.54) is 6.07 Å². The Bertz CT molecular complexity index is 339. The Hall–Kier alpha value is -1.09. The van der Waals surface area contributed by atoms with Gasteiger partial charge in [-0.2, -0.15) is 0 Å². The largest absolute Gasteiger partial charge is 0.375 e. The van der Waals surface area contributed by atoms with Gasteiger partial charge in [-0.3, -0.25) is 0 Å². The molecule has 0 heterocycles. The predicted octanol–water partition coefficient (Wildman–Crippen LogP) is 2.56. The van der Waals surface area contributed by atoms with Gasteiger partial charge in [0.1, 0.15) is 5.82 Å². The zero-order valence-corrected chi connectivity index (χ0v) is 10.3. The Morgan fingerprint density at radius 3 is 2.69 bits per heavy atom. The Morgan fingerprint density at radius 1 is 1.44 bits per heavy atom. The van der Waals surface area contributed by atoms with Crippen molar-refractivity contribution in [3.05, 3.63) is 29.6 Å². The summed E-state index contributed by atoms with van der Waals surface area (Å²) in [7, 11) is 2.02. The first-order valence-corrected chi connectivity index (χ1v) is 5.72. The Kier molecular flexibility index (Phi) is 4.74. The van der Waals surface area contributed by atoms with Crippen molar-refractivity contribution in [3.63, 3.8) is 0 Å². The van der Waals surface area contributed by atoms with Gasteiger partial charge in [-0.05, 0) is 49.6 Å². The van der Waals surface area contributed by atoms with Crippen molar-refractivity contribution in [2.45, 2.75) is 20.3 Å². The van der Waals surface area contributed by atoms with Crippen LogP contribution in [-0.2, 0) is 0 Å². The Labute approximate surface area is 97.3 Å². The average molecular weight is 224 g/mol. The number of aryl methyl sites for hydroxylation is 1. The van der Waals surface area contributed by atoms with E-state index in [4.69, 9.17) is 5.73 Å². The molecule has 16 heavy (non-hydrogen) atoms. The van der Waals surface area contributed by atoms with Crippen LogP contribution in [0.4, 0.5) is 10.1 Å². The number of benzene rings is 1. The first kappa shape index (κ1) is 13.0. The maximum absolute atomic E-state index is 13.1. The van der Waals surface area contributed by atoms with E-state index in [9.17, 15) is 4.39 Å². The van der Waals surface area contributed by atoms with Crippen LogP contribution in [0.5, 0.6) is 0 Å². The zero-order valence-electron chi connectivity index (χ0n) is 10.3. The summed E-state index contributed by atoms with van der Waals surface area (Å²) in [6, 6.07) is 5.21. The third kappa shape index (κ3) is 3.49. The predicted molar refractivity (Wildman–Crippen MR) is 67.2 cm³/mol. The zero-order chi connectivity index (χ0) is 12.1. The van der Waals surface area contributed by atoms with Gasteiger partial charge in [-0.15, -0.1) is 0 Å². The van der Waals surface area contributed by atoms with E-state index in [1.54, 1.807) is 6.92 Å². The minimum Gasteiger partial charge on any atom is -0.375 e. The lowest BCUT2D eigenvalue weighted by Crippen LogP contribution is -2.23. The number of anilines is 1. The normalized spacial score (nSPS) is 12.6. The maximum atomic E-state index is 13.1. The van der Waals surface area contributed by atoms with E-state index in [-0.39, 0.29) is 5.82 Å². The molecular weight excluding hydrogens is 203 g/mol. The van der Waals surface area contributed by atoms with Gasteiger partial charge in [0.25, 0.3) is 0 Å². The van der Waals surface area contributed by atoms with Crippen molar-refractivity contribution in [2.24, 2.45) is 11.7 Å². The van der Waals surface area contributed by atoms with E-state index in [1.807, 2.05) is 19.2 Å². The minimum atomic E-state index is -0.146. The molecule has 1 rings (SSSR count). The van der Waals surface area contributed by atoms with Crippen LogP contribution in [0.2, 0.25) is 0 Å². The summed E-state index contributed by atoms with van der Waals surface area (Å²) in [6.45, 7) is 5.60. The highest BCUT2D eigenvalue weighted by Crippen LogP contribution is 2.17. The summed E-state index contributed by atoms with van der Waals surface area (Å²) in [5.74, 6) is 0.386. The molecule has 1 atom stereocenters. The molecule has 1 aromatic rings. The van der Waals surface area contributed by atoms with Crippen LogP contribution in [0.1, 0.15) is 18.9 Å². The quantitative estimate of drug-likeness (QED) is 0.833.